The fourth-order valence-corrected chi connectivity index (χ4v) is 4.48. The summed E-state index contributed by atoms with van der Waals surface area (Å²) in [5, 5.41) is 13.5. The van der Waals surface area contributed by atoms with Gasteiger partial charge in [-0.05, 0) is 24.5 Å². The Kier molecular flexibility index (Phi) is 4.62. The molecule has 9 heteroatoms. The number of halogens is 1. The second-order valence-corrected chi connectivity index (χ2v) is 7.81. The summed E-state index contributed by atoms with van der Waals surface area (Å²) in [7, 11) is -3.91. The fourth-order valence-electron chi connectivity index (χ4n) is 2.67. The lowest BCUT2D eigenvalue weighted by Gasteiger charge is -2.13. The van der Waals surface area contributed by atoms with Crippen LogP contribution in [-0.4, -0.2) is 46.7 Å². The largest absolute Gasteiger partial charge is 0.478 e. The van der Waals surface area contributed by atoms with E-state index in [2.05, 4.69) is 5.10 Å². The average molecular weight is 370 g/mol. The smallest absolute Gasteiger partial charge is 0.340 e. The van der Waals surface area contributed by atoms with Crippen molar-refractivity contribution in [1.82, 2.24) is 14.1 Å². The molecule has 0 atom stereocenters. The average Bonchev–Trinajstić information content (AvgIpc) is 3.19. The lowest BCUT2D eigenvalue weighted by atomic mass is 10.2. The van der Waals surface area contributed by atoms with Crippen LogP contribution in [0, 0.1) is 0 Å². The first-order chi connectivity index (χ1) is 11.4. The van der Waals surface area contributed by atoms with Crippen molar-refractivity contribution < 1.29 is 18.3 Å². The third-order valence-corrected chi connectivity index (χ3v) is 6.10. The van der Waals surface area contributed by atoms with Crippen LogP contribution in [0.2, 0.25) is 5.02 Å². The van der Waals surface area contributed by atoms with Crippen LogP contribution in [0.15, 0.2) is 35.5 Å². The highest BCUT2D eigenvalue weighted by Crippen LogP contribution is 2.24. The number of carboxylic acid groups (broad SMARTS) is 1. The molecular formula is C15H16ClN3O4S. The van der Waals surface area contributed by atoms with Gasteiger partial charge in [-0.3, -0.25) is 4.68 Å². The molecule has 0 aliphatic carbocycles. The van der Waals surface area contributed by atoms with E-state index in [0.29, 0.717) is 18.1 Å². The quantitative estimate of drug-likeness (QED) is 0.870. The maximum absolute atomic E-state index is 12.7. The highest BCUT2D eigenvalue weighted by Gasteiger charge is 2.34. The molecule has 0 unspecified atom stereocenters. The molecule has 2 heterocycles. The molecule has 2 aromatic rings. The zero-order valence-corrected chi connectivity index (χ0v) is 14.3. The van der Waals surface area contributed by atoms with Crippen LogP contribution in [0.4, 0.5) is 0 Å². The molecule has 0 amide bonds. The Morgan fingerprint density at radius 1 is 1.25 bits per heavy atom. The van der Waals surface area contributed by atoms with E-state index in [0.717, 1.165) is 18.4 Å². The van der Waals surface area contributed by atoms with Crippen LogP contribution in [-0.2, 0) is 16.6 Å². The first kappa shape index (κ1) is 16.9. The number of hydrogen-bond acceptors (Lipinski definition) is 4. The molecule has 1 aromatic carbocycles. The first-order valence-electron chi connectivity index (χ1n) is 7.44. The Labute approximate surface area is 144 Å². The van der Waals surface area contributed by atoms with Crippen molar-refractivity contribution in [3.63, 3.8) is 0 Å². The van der Waals surface area contributed by atoms with Crippen LogP contribution >= 0.6 is 11.6 Å². The molecule has 0 spiro atoms. The van der Waals surface area contributed by atoms with Gasteiger partial charge in [-0.25, -0.2) is 13.2 Å². The third kappa shape index (κ3) is 3.17. The van der Waals surface area contributed by atoms with Gasteiger partial charge in [0.25, 0.3) is 10.0 Å². The highest BCUT2D eigenvalue weighted by atomic mass is 35.5. The van der Waals surface area contributed by atoms with E-state index in [1.165, 1.54) is 15.2 Å². The monoisotopic (exact) mass is 369 g/mol. The van der Waals surface area contributed by atoms with Crippen molar-refractivity contribution in [3.05, 3.63) is 46.6 Å². The molecule has 0 radical (unpaired) electrons. The Morgan fingerprint density at radius 2 is 1.92 bits per heavy atom. The number of aromatic carboxylic acids is 1. The molecule has 1 aliphatic heterocycles. The minimum Gasteiger partial charge on any atom is -0.478 e. The van der Waals surface area contributed by atoms with Gasteiger partial charge >= 0.3 is 5.97 Å². The highest BCUT2D eigenvalue weighted by molar-refractivity contribution is 7.89. The standard InChI is InChI=1S/C15H16ClN3O4S/c16-13-6-2-1-5-11(13)9-18-10-12(15(20)21)14(17-18)24(22,23)19-7-3-4-8-19/h1-2,5-6,10H,3-4,7-9H2,(H,20,21). The Morgan fingerprint density at radius 3 is 2.54 bits per heavy atom. The van der Waals surface area contributed by atoms with Crippen LogP contribution < -0.4 is 0 Å². The van der Waals surface area contributed by atoms with E-state index in [4.69, 9.17) is 11.6 Å². The summed E-state index contributed by atoms with van der Waals surface area (Å²) in [5.74, 6) is -1.32. The molecule has 1 N–H and O–H groups in total. The molecule has 24 heavy (non-hydrogen) atoms. The minimum absolute atomic E-state index is 0.190. The number of aromatic nitrogens is 2. The molecule has 0 bridgehead atoms. The van der Waals surface area contributed by atoms with Crippen LogP contribution in [0.3, 0.4) is 0 Å². The summed E-state index contributed by atoms with van der Waals surface area (Å²) in [5.41, 5.74) is 0.401. The summed E-state index contributed by atoms with van der Waals surface area (Å²) >= 11 is 6.09. The minimum atomic E-state index is -3.91. The predicted octanol–water partition coefficient (Wildman–Crippen LogP) is 2.07. The van der Waals surface area contributed by atoms with Crippen LogP contribution in [0.1, 0.15) is 28.8 Å². The summed E-state index contributed by atoms with van der Waals surface area (Å²) in [6.45, 7) is 0.965. The number of benzene rings is 1. The Hall–Kier alpha value is -1.90. The van der Waals surface area contributed by atoms with E-state index < -0.39 is 21.0 Å². The number of carboxylic acids is 1. The molecule has 1 aliphatic rings. The van der Waals surface area contributed by atoms with E-state index in [1.54, 1.807) is 24.3 Å². The second kappa shape index (κ2) is 6.54. The van der Waals surface area contributed by atoms with Crippen molar-refractivity contribution in [2.75, 3.05) is 13.1 Å². The van der Waals surface area contributed by atoms with Crippen molar-refractivity contribution in [2.24, 2.45) is 0 Å². The first-order valence-corrected chi connectivity index (χ1v) is 9.25. The number of hydrogen-bond donors (Lipinski definition) is 1. The van der Waals surface area contributed by atoms with Gasteiger partial charge in [0.2, 0.25) is 5.03 Å². The lowest BCUT2D eigenvalue weighted by molar-refractivity contribution is 0.0692. The van der Waals surface area contributed by atoms with E-state index in [9.17, 15) is 18.3 Å². The molecule has 3 rings (SSSR count). The van der Waals surface area contributed by atoms with Crippen molar-refractivity contribution >= 4 is 27.6 Å². The topological polar surface area (TPSA) is 92.5 Å². The van der Waals surface area contributed by atoms with Gasteiger partial charge in [0, 0.05) is 24.3 Å². The SMILES string of the molecule is O=C(O)c1cn(Cc2ccccc2Cl)nc1S(=O)(=O)N1CCCC1. The van der Waals surface area contributed by atoms with Crippen LogP contribution in [0.25, 0.3) is 0 Å². The lowest BCUT2D eigenvalue weighted by Crippen LogP contribution is -2.29. The van der Waals surface area contributed by atoms with Crippen molar-refractivity contribution in [3.8, 4) is 0 Å². The number of carbonyl (C=O) groups is 1. The Balaban J connectivity index is 1.99. The van der Waals surface area contributed by atoms with Crippen molar-refractivity contribution in [1.29, 1.82) is 0 Å². The summed E-state index contributed by atoms with van der Waals surface area (Å²) in [4.78, 5) is 11.5. The second-order valence-electron chi connectivity index (χ2n) is 5.55. The Bertz CT molecular complexity index is 873. The molecule has 0 saturated carbocycles. The molecule has 7 nitrogen and oxygen atoms in total. The molecular weight excluding hydrogens is 354 g/mol. The van der Waals surface area contributed by atoms with Gasteiger partial charge in [-0.2, -0.15) is 9.40 Å². The summed E-state index contributed by atoms with van der Waals surface area (Å²) in [6.07, 6.45) is 2.76. The van der Waals surface area contributed by atoms with Gasteiger partial charge < -0.3 is 5.11 Å². The number of sulfonamides is 1. The van der Waals surface area contributed by atoms with Crippen LogP contribution in [0.5, 0.6) is 0 Å². The number of rotatable bonds is 5. The summed E-state index contributed by atoms with van der Waals surface area (Å²) in [6, 6.07) is 7.06. The van der Waals surface area contributed by atoms with E-state index in [1.807, 2.05) is 0 Å². The van der Waals surface area contributed by atoms with Crippen molar-refractivity contribution in [2.45, 2.75) is 24.4 Å². The maximum Gasteiger partial charge on any atom is 0.340 e. The third-order valence-electron chi connectivity index (χ3n) is 3.90. The van der Waals surface area contributed by atoms with Gasteiger partial charge in [-0.1, -0.05) is 29.8 Å². The molecule has 128 valence electrons. The zero-order chi connectivity index (χ0) is 17.3. The summed E-state index contributed by atoms with van der Waals surface area (Å²) < 4.78 is 27.9. The van der Waals surface area contributed by atoms with Gasteiger partial charge in [0.15, 0.2) is 0 Å². The number of nitrogens with zero attached hydrogens (tertiary/aromatic N) is 3. The normalized spacial score (nSPS) is 15.7. The van der Waals surface area contributed by atoms with Gasteiger partial charge in [0.05, 0.1) is 6.54 Å². The maximum atomic E-state index is 12.7. The van der Waals surface area contributed by atoms with E-state index in [-0.39, 0.29) is 12.1 Å². The fraction of sp³-hybridized carbons (Fsp3) is 0.333. The molecule has 1 saturated heterocycles. The van der Waals surface area contributed by atoms with Gasteiger partial charge in [0.1, 0.15) is 5.56 Å². The molecule has 1 aromatic heterocycles. The zero-order valence-electron chi connectivity index (χ0n) is 12.7. The van der Waals surface area contributed by atoms with Gasteiger partial charge in [-0.15, -0.1) is 0 Å². The molecule has 1 fully saturated rings. The predicted molar refractivity (Wildman–Crippen MR) is 87.7 cm³/mol. The van der Waals surface area contributed by atoms with E-state index >= 15 is 0 Å².